The second kappa shape index (κ2) is 7.70. The molecule has 5 heteroatoms. The summed E-state index contributed by atoms with van der Waals surface area (Å²) in [4.78, 5) is 28.9. The molecule has 0 spiro atoms. The predicted octanol–water partition coefficient (Wildman–Crippen LogP) is 1.16. The molecule has 5 nitrogen and oxygen atoms in total. The van der Waals surface area contributed by atoms with Crippen molar-refractivity contribution < 1.29 is 9.59 Å². The number of carbonyl (C=O) groups is 2. The highest BCUT2D eigenvalue weighted by atomic mass is 16.2. The number of nitrogens with zero attached hydrogens (tertiary/aromatic N) is 2. The third-order valence-electron chi connectivity index (χ3n) is 4.85. The Labute approximate surface area is 137 Å². The average molecular weight is 315 g/mol. The maximum Gasteiger partial charge on any atom is 0.223 e. The summed E-state index contributed by atoms with van der Waals surface area (Å²) in [7, 11) is 0. The lowest BCUT2D eigenvalue weighted by molar-refractivity contribution is -0.130. The third kappa shape index (κ3) is 4.18. The highest BCUT2D eigenvalue weighted by Gasteiger charge is 2.30. The first kappa shape index (κ1) is 16.1. The highest BCUT2D eigenvalue weighted by Crippen LogP contribution is 2.18. The van der Waals surface area contributed by atoms with Crippen molar-refractivity contribution in [1.29, 1.82) is 0 Å². The Hall–Kier alpha value is -1.72. The summed E-state index contributed by atoms with van der Waals surface area (Å²) in [6.07, 6.45) is 1.68. The Balaban J connectivity index is 1.45. The minimum atomic E-state index is 0.0526. The number of hydrogen-bond acceptors (Lipinski definition) is 4. The third-order valence-corrected chi connectivity index (χ3v) is 4.85. The lowest BCUT2D eigenvalue weighted by atomic mass is 10.1. The number of nitrogens with one attached hydrogen (secondary N) is 1. The van der Waals surface area contributed by atoms with Crippen LogP contribution >= 0.6 is 0 Å². The van der Waals surface area contributed by atoms with Crippen LogP contribution in [0.25, 0.3) is 0 Å². The Bertz CT molecular complexity index is 540. The molecular weight excluding hydrogens is 290 g/mol. The van der Waals surface area contributed by atoms with E-state index in [0.29, 0.717) is 24.4 Å². The van der Waals surface area contributed by atoms with Crippen LogP contribution in [0.2, 0.25) is 0 Å². The van der Waals surface area contributed by atoms with E-state index in [1.165, 1.54) is 0 Å². The first-order valence-corrected chi connectivity index (χ1v) is 8.55. The first-order valence-electron chi connectivity index (χ1n) is 8.55. The van der Waals surface area contributed by atoms with Gasteiger partial charge in [0.1, 0.15) is 0 Å². The van der Waals surface area contributed by atoms with Crippen LogP contribution in [0.1, 0.15) is 29.6 Å². The van der Waals surface area contributed by atoms with Crippen LogP contribution in [0, 0.1) is 0 Å². The average Bonchev–Trinajstić information content (AvgIpc) is 3.11. The summed E-state index contributed by atoms with van der Waals surface area (Å²) in [5.41, 5.74) is 0.695. The van der Waals surface area contributed by atoms with Crippen molar-refractivity contribution in [3.05, 3.63) is 35.9 Å². The molecule has 1 aromatic carbocycles. The maximum atomic E-state index is 12.4. The van der Waals surface area contributed by atoms with Gasteiger partial charge in [-0.1, -0.05) is 30.3 Å². The van der Waals surface area contributed by atoms with Crippen molar-refractivity contribution in [3.63, 3.8) is 0 Å². The number of ketones is 1. The highest BCUT2D eigenvalue weighted by molar-refractivity contribution is 5.97. The molecule has 2 aliphatic rings. The molecule has 2 aliphatic heterocycles. The number of piperazine rings is 1. The maximum absolute atomic E-state index is 12.4. The van der Waals surface area contributed by atoms with Crippen LogP contribution < -0.4 is 5.32 Å². The molecule has 0 aliphatic carbocycles. The van der Waals surface area contributed by atoms with E-state index >= 15 is 0 Å². The summed E-state index contributed by atoms with van der Waals surface area (Å²) in [6, 6.07) is 9.71. The second-order valence-electron chi connectivity index (χ2n) is 6.36. The topological polar surface area (TPSA) is 52.7 Å². The summed E-state index contributed by atoms with van der Waals surface area (Å²) < 4.78 is 0. The minimum Gasteiger partial charge on any atom is -0.341 e. The number of Topliss-reactive ketones (excluding diaryl/α,β-unsaturated/α-hetero) is 1. The molecule has 1 N–H and O–H groups in total. The van der Waals surface area contributed by atoms with E-state index < -0.39 is 0 Å². The molecule has 0 saturated carbocycles. The van der Waals surface area contributed by atoms with E-state index in [1.807, 2.05) is 35.2 Å². The van der Waals surface area contributed by atoms with Crippen LogP contribution in [0.3, 0.4) is 0 Å². The summed E-state index contributed by atoms with van der Waals surface area (Å²) in [5, 5.41) is 3.36. The Morgan fingerprint density at radius 2 is 1.78 bits per heavy atom. The largest absolute Gasteiger partial charge is 0.341 e. The first-order chi connectivity index (χ1) is 11.2. The molecule has 3 rings (SSSR count). The van der Waals surface area contributed by atoms with Crippen molar-refractivity contribution in [3.8, 4) is 0 Å². The molecular formula is C18H25N3O2. The van der Waals surface area contributed by atoms with E-state index in [2.05, 4.69) is 10.2 Å². The van der Waals surface area contributed by atoms with Gasteiger partial charge < -0.3 is 10.2 Å². The van der Waals surface area contributed by atoms with Crippen LogP contribution in [0.4, 0.5) is 0 Å². The van der Waals surface area contributed by atoms with Gasteiger partial charge >= 0.3 is 0 Å². The van der Waals surface area contributed by atoms with E-state index in [4.69, 9.17) is 0 Å². The molecule has 2 fully saturated rings. The molecule has 124 valence electrons. The van der Waals surface area contributed by atoms with Crippen LogP contribution in [0.15, 0.2) is 30.3 Å². The molecule has 1 aromatic rings. The summed E-state index contributed by atoms with van der Waals surface area (Å²) >= 11 is 0. The number of likely N-dealkylation sites (tertiary alicyclic amines) is 1. The SMILES string of the molecule is O=C(CCC(=O)N1CCC(N2CCNCC2)C1)c1ccccc1. The van der Waals surface area contributed by atoms with Gasteiger partial charge in [0.05, 0.1) is 0 Å². The Morgan fingerprint density at radius 1 is 1.04 bits per heavy atom. The molecule has 2 saturated heterocycles. The van der Waals surface area contributed by atoms with Crippen molar-refractivity contribution in [2.24, 2.45) is 0 Å². The second-order valence-corrected chi connectivity index (χ2v) is 6.36. The van der Waals surface area contributed by atoms with Crippen molar-refractivity contribution in [2.45, 2.75) is 25.3 Å². The fourth-order valence-corrected chi connectivity index (χ4v) is 3.46. The van der Waals surface area contributed by atoms with Gasteiger partial charge in [-0.3, -0.25) is 14.5 Å². The zero-order valence-electron chi connectivity index (χ0n) is 13.5. The smallest absolute Gasteiger partial charge is 0.223 e. The van der Waals surface area contributed by atoms with E-state index in [-0.39, 0.29) is 11.7 Å². The van der Waals surface area contributed by atoms with Gasteiger partial charge in [-0.15, -0.1) is 0 Å². The molecule has 0 radical (unpaired) electrons. The van der Waals surface area contributed by atoms with Crippen molar-refractivity contribution >= 4 is 11.7 Å². The van der Waals surface area contributed by atoms with Gasteiger partial charge in [0.25, 0.3) is 0 Å². The number of hydrogen-bond donors (Lipinski definition) is 1. The molecule has 2 heterocycles. The molecule has 1 unspecified atom stereocenters. The Kier molecular flexibility index (Phi) is 5.41. The normalized spacial score (nSPS) is 22.3. The fraction of sp³-hybridized carbons (Fsp3) is 0.556. The lowest BCUT2D eigenvalue weighted by Gasteiger charge is -2.32. The zero-order chi connectivity index (χ0) is 16.1. The van der Waals surface area contributed by atoms with Gasteiger partial charge in [-0.05, 0) is 6.42 Å². The van der Waals surface area contributed by atoms with E-state index in [0.717, 1.165) is 45.7 Å². The van der Waals surface area contributed by atoms with Gasteiger partial charge in [-0.25, -0.2) is 0 Å². The number of benzene rings is 1. The summed E-state index contributed by atoms with van der Waals surface area (Å²) in [6.45, 7) is 5.86. The van der Waals surface area contributed by atoms with Crippen LogP contribution in [0.5, 0.6) is 0 Å². The number of rotatable bonds is 5. The zero-order valence-corrected chi connectivity index (χ0v) is 13.5. The van der Waals surface area contributed by atoms with Crippen molar-refractivity contribution in [2.75, 3.05) is 39.3 Å². The predicted molar refractivity (Wildman–Crippen MR) is 89.4 cm³/mol. The van der Waals surface area contributed by atoms with Gasteiger partial charge in [0.15, 0.2) is 5.78 Å². The number of amides is 1. The fourth-order valence-electron chi connectivity index (χ4n) is 3.46. The summed E-state index contributed by atoms with van der Waals surface area (Å²) in [5.74, 6) is 0.170. The molecule has 1 amide bonds. The number of carbonyl (C=O) groups excluding carboxylic acids is 2. The molecule has 0 aromatic heterocycles. The molecule has 0 bridgehead atoms. The molecule has 1 atom stereocenters. The molecule has 23 heavy (non-hydrogen) atoms. The Morgan fingerprint density at radius 3 is 2.52 bits per heavy atom. The lowest BCUT2D eigenvalue weighted by Crippen LogP contribution is -2.49. The van der Waals surface area contributed by atoms with Crippen molar-refractivity contribution in [1.82, 2.24) is 15.1 Å². The standard InChI is InChI=1S/C18H25N3O2/c22-17(15-4-2-1-3-5-15)6-7-18(23)21-11-8-16(14-21)20-12-9-19-10-13-20/h1-5,16,19H,6-14H2. The minimum absolute atomic E-state index is 0.0526. The quantitative estimate of drug-likeness (QED) is 0.829. The van der Waals surface area contributed by atoms with Gasteiger partial charge in [0, 0.05) is 63.7 Å². The monoisotopic (exact) mass is 315 g/mol. The van der Waals surface area contributed by atoms with E-state index in [1.54, 1.807) is 0 Å². The van der Waals surface area contributed by atoms with Crippen LogP contribution in [-0.2, 0) is 4.79 Å². The van der Waals surface area contributed by atoms with Gasteiger partial charge in [0.2, 0.25) is 5.91 Å². The van der Waals surface area contributed by atoms with E-state index in [9.17, 15) is 9.59 Å². The van der Waals surface area contributed by atoms with Gasteiger partial charge in [-0.2, -0.15) is 0 Å². The van der Waals surface area contributed by atoms with Crippen LogP contribution in [-0.4, -0.2) is 66.8 Å².